The molecule has 146 valence electrons. The first-order valence-electron chi connectivity index (χ1n) is 7.75. The van der Waals surface area contributed by atoms with Crippen molar-refractivity contribution in [2.24, 2.45) is 0 Å². The minimum absolute atomic E-state index is 0.0291. The van der Waals surface area contributed by atoms with Crippen LogP contribution >= 0.6 is 22.9 Å². The number of ether oxygens (including phenoxy) is 1. The number of hydrogen-bond acceptors (Lipinski definition) is 7. The van der Waals surface area contributed by atoms with Gasteiger partial charge in [-0.15, -0.1) is 0 Å². The van der Waals surface area contributed by atoms with E-state index in [4.69, 9.17) is 16.3 Å². The van der Waals surface area contributed by atoms with Crippen molar-refractivity contribution in [3.63, 3.8) is 0 Å². The standard InChI is InChI=1S/C15H15ClFN3O5S2/c1-18-27(22,23)25-7-12(21)19-15-20-14-13(26-15)9(4-5-24-14)8-2-3-11(17)10(16)6-8/h2-3,6,9,18H,4-5,7H2,1H3,(H,19,20,21). The van der Waals surface area contributed by atoms with Crippen LogP contribution < -0.4 is 14.8 Å². The highest BCUT2D eigenvalue weighted by Crippen LogP contribution is 2.43. The molecule has 0 bridgehead atoms. The van der Waals surface area contributed by atoms with E-state index in [-0.39, 0.29) is 16.1 Å². The van der Waals surface area contributed by atoms with Gasteiger partial charge in [0.1, 0.15) is 12.4 Å². The van der Waals surface area contributed by atoms with Crippen LogP contribution in [0.5, 0.6) is 5.88 Å². The van der Waals surface area contributed by atoms with E-state index in [1.807, 2.05) is 4.72 Å². The van der Waals surface area contributed by atoms with Crippen molar-refractivity contribution in [3.8, 4) is 5.88 Å². The van der Waals surface area contributed by atoms with Gasteiger partial charge in [0.2, 0.25) is 5.88 Å². The second kappa shape index (κ2) is 8.07. The van der Waals surface area contributed by atoms with E-state index in [1.165, 1.54) is 24.5 Å². The minimum atomic E-state index is -3.96. The maximum Gasteiger partial charge on any atom is 0.336 e. The zero-order valence-corrected chi connectivity index (χ0v) is 16.4. The van der Waals surface area contributed by atoms with Gasteiger partial charge in [-0.25, -0.2) is 8.57 Å². The minimum Gasteiger partial charge on any atom is -0.477 e. The third kappa shape index (κ3) is 4.74. The van der Waals surface area contributed by atoms with E-state index in [0.717, 1.165) is 10.4 Å². The van der Waals surface area contributed by atoms with Gasteiger partial charge in [-0.1, -0.05) is 29.0 Å². The number of benzene rings is 1. The molecule has 0 aliphatic carbocycles. The van der Waals surface area contributed by atoms with Gasteiger partial charge in [0, 0.05) is 13.0 Å². The summed E-state index contributed by atoms with van der Waals surface area (Å²) in [5, 5.41) is 2.75. The SMILES string of the molecule is CNS(=O)(=O)OCC(=O)Nc1nc2c(s1)C(c1ccc(F)c(Cl)c1)CCO2. The Labute approximate surface area is 163 Å². The zero-order valence-electron chi connectivity index (χ0n) is 14.0. The molecule has 0 spiro atoms. The molecule has 3 rings (SSSR count). The first kappa shape index (κ1) is 20.0. The van der Waals surface area contributed by atoms with Crippen LogP contribution in [0.4, 0.5) is 9.52 Å². The molecule has 2 aromatic rings. The number of rotatable bonds is 6. The van der Waals surface area contributed by atoms with E-state index < -0.39 is 28.6 Å². The molecule has 1 unspecified atom stereocenters. The average molecular weight is 436 g/mol. The Balaban J connectivity index is 1.75. The van der Waals surface area contributed by atoms with Crippen LogP contribution in [0.2, 0.25) is 5.02 Å². The topological polar surface area (TPSA) is 107 Å². The quantitative estimate of drug-likeness (QED) is 0.720. The molecule has 8 nitrogen and oxygen atoms in total. The summed E-state index contributed by atoms with van der Waals surface area (Å²) in [6.07, 6.45) is 0.647. The zero-order chi connectivity index (χ0) is 19.6. The summed E-state index contributed by atoms with van der Waals surface area (Å²) in [4.78, 5) is 16.8. The Morgan fingerprint density at radius 2 is 2.30 bits per heavy atom. The number of anilines is 1. The number of carbonyl (C=O) groups excluding carboxylic acids is 1. The highest BCUT2D eigenvalue weighted by atomic mass is 35.5. The molecular weight excluding hydrogens is 421 g/mol. The highest BCUT2D eigenvalue weighted by Gasteiger charge is 2.28. The van der Waals surface area contributed by atoms with Gasteiger partial charge in [0.05, 0.1) is 16.5 Å². The summed E-state index contributed by atoms with van der Waals surface area (Å²) in [6.45, 7) is -0.279. The number of halogens is 2. The predicted octanol–water partition coefficient (Wildman–Crippen LogP) is 2.27. The van der Waals surface area contributed by atoms with E-state index in [0.29, 0.717) is 18.9 Å². The molecule has 0 saturated carbocycles. The van der Waals surface area contributed by atoms with Gasteiger partial charge in [-0.3, -0.25) is 10.1 Å². The second-order valence-corrected chi connectivity index (χ2v) is 8.51. The molecule has 1 aromatic carbocycles. The predicted molar refractivity (Wildman–Crippen MR) is 98.0 cm³/mol. The first-order chi connectivity index (χ1) is 12.8. The summed E-state index contributed by atoms with van der Waals surface area (Å²) in [5.74, 6) is -0.908. The number of hydrogen-bond donors (Lipinski definition) is 2. The molecule has 1 aliphatic heterocycles. The van der Waals surface area contributed by atoms with Crippen molar-refractivity contribution in [1.82, 2.24) is 9.71 Å². The van der Waals surface area contributed by atoms with Crippen molar-refractivity contribution in [2.45, 2.75) is 12.3 Å². The van der Waals surface area contributed by atoms with Crippen LogP contribution in [-0.4, -0.2) is 39.6 Å². The average Bonchev–Trinajstić information content (AvgIpc) is 3.04. The summed E-state index contributed by atoms with van der Waals surface area (Å²) >= 11 is 7.06. The van der Waals surface area contributed by atoms with E-state index in [2.05, 4.69) is 14.5 Å². The van der Waals surface area contributed by atoms with Gasteiger partial charge >= 0.3 is 10.3 Å². The van der Waals surface area contributed by atoms with Gasteiger partial charge in [-0.2, -0.15) is 18.1 Å². The molecule has 12 heteroatoms. The lowest BCUT2D eigenvalue weighted by Gasteiger charge is -2.22. The van der Waals surface area contributed by atoms with Crippen molar-refractivity contribution in [3.05, 3.63) is 39.5 Å². The summed E-state index contributed by atoms with van der Waals surface area (Å²) in [7, 11) is -2.79. The lowest BCUT2D eigenvalue weighted by Crippen LogP contribution is -2.27. The molecule has 1 amide bonds. The molecule has 2 N–H and O–H groups in total. The van der Waals surface area contributed by atoms with E-state index >= 15 is 0 Å². The van der Waals surface area contributed by atoms with Gasteiger partial charge in [0.25, 0.3) is 5.91 Å². The number of amides is 1. The fraction of sp³-hybridized carbons (Fsp3) is 0.333. The third-order valence-electron chi connectivity index (χ3n) is 3.77. The van der Waals surface area contributed by atoms with Crippen LogP contribution in [0.1, 0.15) is 22.8 Å². The molecule has 1 atom stereocenters. The lowest BCUT2D eigenvalue weighted by atomic mass is 9.93. The summed E-state index contributed by atoms with van der Waals surface area (Å²) in [5.41, 5.74) is 0.816. The van der Waals surface area contributed by atoms with E-state index in [1.54, 1.807) is 12.1 Å². The molecule has 27 heavy (non-hydrogen) atoms. The Hall–Kier alpha value is -1.79. The normalized spacial score (nSPS) is 16.5. The van der Waals surface area contributed by atoms with Crippen molar-refractivity contribution >= 4 is 44.3 Å². The number of carbonyl (C=O) groups is 1. The molecule has 0 saturated heterocycles. The lowest BCUT2D eigenvalue weighted by molar-refractivity contribution is -0.118. The largest absolute Gasteiger partial charge is 0.477 e. The number of nitrogens with one attached hydrogen (secondary N) is 2. The van der Waals surface area contributed by atoms with Gasteiger partial charge in [-0.05, 0) is 24.1 Å². The maximum atomic E-state index is 13.4. The van der Waals surface area contributed by atoms with Crippen molar-refractivity contribution in [1.29, 1.82) is 0 Å². The van der Waals surface area contributed by atoms with Crippen LogP contribution in [-0.2, 0) is 19.3 Å². The maximum absolute atomic E-state index is 13.4. The van der Waals surface area contributed by atoms with Gasteiger partial charge < -0.3 is 4.74 Å². The van der Waals surface area contributed by atoms with Gasteiger partial charge in [0.15, 0.2) is 5.13 Å². The Bertz CT molecular complexity index is 966. The molecule has 1 aliphatic rings. The fourth-order valence-electron chi connectivity index (χ4n) is 2.49. The monoisotopic (exact) mass is 435 g/mol. The molecule has 1 aromatic heterocycles. The summed E-state index contributed by atoms with van der Waals surface area (Å²) < 4.78 is 47.7. The van der Waals surface area contributed by atoms with Crippen LogP contribution in [0.15, 0.2) is 18.2 Å². The number of thiazole rings is 1. The Kier molecular flexibility index (Phi) is 5.96. The second-order valence-electron chi connectivity index (χ2n) is 5.52. The molecular formula is C15H15ClFN3O5S2. The smallest absolute Gasteiger partial charge is 0.336 e. The van der Waals surface area contributed by atoms with Crippen LogP contribution in [0, 0.1) is 5.82 Å². The highest BCUT2D eigenvalue weighted by molar-refractivity contribution is 7.84. The first-order valence-corrected chi connectivity index (χ1v) is 10.4. The Morgan fingerprint density at radius 3 is 3.00 bits per heavy atom. The number of aromatic nitrogens is 1. The number of nitrogens with zero attached hydrogens (tertiary/aromatic N) is 1. The molecule has 2 heterocycles. The van der Waals surface area contributed by atoms with E-state index in [9.17, 15) is 17.6 Å². The van der Waals surface area contributed by atoms with Crippen LogP contribution in [0.25, 0.3) is 0 Å². The number of fused-ring (bicyclic) bond motifs is 1. The third-order valence-corrected chi connectivity index (χ3v) is 6.05. The Morgan fingerprint density at radius 1 is 1.52 bits per heavy atom. The molecule has 0 fully saturated rings. The fourth-order valence-corrected chi connectivity index (χ4v) is 4.15. The van der Waals surface area contributed by atoms with Crippen LogP contribution in [0.3, 0.4) is 0 Å². The summed E-state index contributed by atoms with van der Waals surface area (Å²) in [6, 6.07) is 4.51. The van der Waals surface area contributed by atoms with Crippen molar-refractivity contribution in [2.75, 3.05) is 25.6 Å². The molecule has 0 radical (unpaired) electrons. The van der Waals surface area contributed by atoms with Crippen molar-refractivity contribution < 1.29 is 26.5 Å².